The predicted octanol–water partition coefficient (Wildman–Crippen LogP) is 4.77. The fourth-order valence-electron chi connectivity index (χ4n) is 3.55. The fraction of sp³-hybridized carbons (Fsp3) is 0.167. The minimum absolute atomic E-state index is 0.0230. The van der Waals surface area contributed by atoms with Gasteiger partial charge in [0.05, 0.1) is 17.9 Å². The van der Waals surface area contributed by atoms with Gasteiger partial charge in [0.15, 0.2) is 0 Å². The highest BCUT2D eigenvalue weighted by Gasteiger charge is 2.29. The van der Waals surface area contributed by atoms with Crippen LogP contribution in [0.4, 0.5) is 5.69 Å². The number of amides is 1. The van der Waals surface area contributed by atoms with Gasteiger partial charge in [0, 0.05) is 11.1 Å². The van der Waals surface area contributed by atoms with Crippen LogP contribution < -0.4 is 4.90 Å². The molecule has 1 atom stereocenters. The van der Waals surface area contributed by atoms with Crippen molar-refractivity contribution < 1.29 is 4.79 Å². The number of aryl methyl sites for hydroxylation is 1. The van der Waals surface area contributed by atoms with Crippen molar-refractivity contribution in [3.8, 4) is 0 Å². The van der Waals surface area contributed by atoms with Crippen LogP contribution in [-0.4, -0.2) is 17.7 Å². The summed E-state index contributed by atoms with van der Waals surface area (Å²) in [6.07, 6.45) is 0. The molecule has 134 valence electrons. The number of hydrogen-bond donors (Lipinski definition) is 0. The van der Waals surface area contributed by atoms with Crippen molar-refractivity contribution in [2.75, 3.05) is 4.90 Å². The van der Waals surface area contributed by atoms with Crippen molar-refractivity contribution in [2.24, 2.45) is 4.99 Å². The van der Waals surface area contributed by atoms with Crippen LogP contribution in [0, 0.1) is 6.92 Å². The first-order valence-electron chi connectivity index (χ1n) is 9.23. The third kappa shape index (κ3) is 3.41. The highest BCUT2D eigenvalue weighted by Crippen LogP contribution is 2.29. The molecular weight excluding hydrogens is 332 g/mol. The maximum absolute atomic E-state index is 13.2. The summed E-state index contributed by atoms with van der Waals surface area (Å²) in [6.45, 7) is 4.49. The summed E-state index contributed by atoms with van der Waals surface area (Å²) in [5, 5.41) is 0. The summed E-state index contributed by atoms with van der Waals surface area (Å²) in [4.78, 5) is 19.9. The van der Waals surface area contributed by atoms with E-state index in [1.54, 1.807) is 0 Å². The van der Waals surface area contributed by atoms with Gasteiger partial charge in [-0.1, -0.05) is 78.4 Å². The number of hydrogen-bond acceptors (Lipinski definition) is 2. The molecule has 0 N–H and O–H groups in total. The van der Waals surface area contributed by atoms with Gasteiger partial charge in [-0.05, 0) is 25.5 Å². The zero-order valence-corrected chi connectivity index (χ0v) is 15.6. The molecule has 27 heavy (non-hydrogen) atoms. The van der Waals surface area contributed by atoms with E-state index in [9.17, 15) is 4.79 Å². The van der Waals surface area contributed by atoms with Gasteiger partial charge in [0.2, 0.25) is 0 Å². The number of carbonyl (C=O) groups excluding carboxylic acids is 1. The van der Waals surface area contributed by atoms with E-state index >= 15 is 0 Å². The third-order valence-electron chi connectivity index (χ3n) is 4.87. The number of benzodiazepines with no additional fused rings is 1. The van der Waals surface area contributed by atoms with E-state index in [-0.39, 0.29) is 5.91 Å². The number of benzene rings is 3. The Labute approximate surface area is 160 Å². The Morgan fingerprint density at radius 3 is 2.44 bits per heavy atom. The van der Waals surface area contributed by atoms with Crippen molar-refractivity contribution >= 4 is 17.3 Å². The van der Waals surface area contributed by atoms with Gasteiger partial charge in [0.25, 0.3) is 5.91 Å². The normalized spacial score (nSPS) is 16.5. The van der Waals surface area contributed by atoms with Crippen LogP contribution in [0.25, 0.3) is 0 Å². The van der Waals surface area contributed by atoms with Crippen molar-refractivity contribution in [1.29, 1.82) is 0 Å². The van der Waals surface area contributed by atoms with Gasteiger partial charge >= 0.3 is 0 Å². The van der Waals surface area contributed by atoms with Crippen molar-refractivity contribution in [3.63, 3.8) is 0 Å². The standard InChI is InChI=1S/C24H22N2O/c1-17-9-8-10-19(15-17)16-26-22-14-7-6-13-21(22)23(25-18(2)24(26)27)20-11-4-3-5-12-20/h3-15,18H,16H2,1-2H3. The van der Waals surface area contributed by atoms with Gasteiger partial charge in [-0.2, -0.15) is 0 Å². The summed E-state index contributed by atoms with van der Waals surface area (Å²) in [7, 11) is 0. The molecule has 0 saturated carbocycles. The lowest BCUT2D eigenvalue weighted by molar-refractivity contribution is -0.119. The highest BCUT2D eigenvalue weighted by atomic mass is 16.2. The minimum Gasteiger partial charge on any atom is -0.305 e. The maximum atomic E-state index is 13.2. The van der Waals surface area contributed by atoms with Crippen LogP contribution in [-0.2, 0) is 11.3 Å². The van der Waals surface area contributed by atoms with E-state index in [0.717, 1.165) is 28.1 Å². The molecule has 0 aliphatic carbocycles. The molecular formula is C24H22N2O. The van der Waals surface area contributed by atoms with E-state index in [0.29, 0.717) is 6.54 Å². The number of rotatable bonds is 3. The molecule has 3 heteroatoms. The van der Waals surface area contributed by atoms with E-state index in [2.05, 4.69) is 31.2 Å². The van der Waals surface area contributed by atoms with Crippen LogP contribution in [0.5, 0.6) is 0 Å². The Hall–Kier alpha value is -3.20. The molecule has 0 bridgehead atoms. The second kappa shape index (κ2) is 7.20. The zero-order valence-electron chi connectivity index (χ0n) is 15.6. The molecule has 1 aliphatic heterocycles. The van der Waals surface area contributed by atoms with Crippen LogP contribution >= 0.6 is 0 Å². The van der Waals surface area contributed by atoms with E-state index < -0.39 is 6.04 Å². The average molecular weight is 354 g/mol. The number of aliphatic imine (C=N–C) groups is 1. The SMILES string of the molecule is Cc1cccc(CN2C(=O)C(C)N=C(c3ccccc3)c3ccccc32)c1. The molecule has 1 unspecified atom stereocenters. The summed E-state index contributed by atoms with van der Waals surface area (Å²) < 4.78 is 0. The molecule has 0 fully saturated rings. The molecule has 0 spiro atoms. The predicted molar refractivity (Wildman–Crippen MR) is 110 cm³/mol. The number of anilines is 1. The molecule has 1 heterocycles. The van der Waals surface area contributed by atoms with Gasteiger partial charge in [-0.25, -0.2) is 0 Å². The van der Waals surface area contributed by atoms with E-state index in [1.807, 2.05) is 66.4 Å². The quantitative estimate of drug-likeness (QED) is 0.667. The molecule has 0 saturated heterocycles. The Morgan fingerprint density at radius 2 is 1.67 bits per heavy atom. The van der Waals surface area contributed by atoms with Gasteiger partial charge in [-0.15, -0.1) is 0 Å². The van der Waals surface area contributed by atoms with E-state index in [4.69, 9.17) is 4.99 Å². The summed E-state index contributed by atoms with van der Waals surface area (Å²) in [5.41, 5.74) is 6.12. The van der Waals surface area contributed by atoms with E-state index in [1.165, 1.54) is 5.56 Å². The monoisotopic (exact) mass is 354 g/mol. The second-order valence-corrected chi connectivity index (χ2v) is 6.95. The molecule has 3 aromatic rings. The smallest absolute Gasteiger partial charge is 0.251 e. The average Bonchev–Trinajstić information content (AvgIpc) is 2.79. The lowest BCUT2D eigenvalue weighted by Crippen LogP contribution is -2.36. The lowest BCUT2D eigenvalue weighted by atomic mass is 10.00. The fourth-order valence-corrected chi connectivity index (χ4v) is 3.55. The lowest BCUT2D eigenvalue weighted by Gasteiger charge is -2.24. The Bertz CT molecular complexity index is 1010. The Kier molecular flexibility index (Phi) is 4.59. The molecule has 1 aliphatic rings. The molecule has 4 rings (SSSR count). The Balaban J connectivity index is 1.83. The largest absolute Gasteiger partial charge is 0.305 e. The molecule has 1 amide bonds. The molecule has 3 aromatic carbocycles. The first-order chi connectivity index (χ1) is 13.1. The number of carbonyl (C=O) groups is 1. The highest BCUT2D eigenvalue weighted by molar-refractivity contribution is 6.20. The number of fused-ring (bicyclic) bond motifs is 1. The van der Waals surface area contributed by atoms with Gasteiger partial charge in [-0.3, -0.25) is 9.79 Å². The first kappa shape index (κ1) is 17.2. The van der Waals surface area contributed by atoms with Crippen LogP contribution in [0.3, 0.4) is 0 Å². The summed E-state index contributed by atoms with van der Waals surface area (Å²) in [6, 6.07) is 26.0. The molecule has 0 aromatic heterocycles. The Morgan fingerprint density at radius 1 is 0.926 bits per heavy atom. The molecule has 3 nitrogen and oxygen atoms in total. The third-order valence-corrected chi connectivity index (χ3v) is 4.87. The number of nitrogens with zero attached hydrogens (tertiary/aromatic N) is 2. The summed E-state index contributed by atoms with van der Waals surface area (Å²) >= 11 is 0. The minimum atomic E-state index is -0.433. The van der Waals surface area contributed by atoms with Crippen LogP contribution in [0.1, 0.15) is 29.2 Å². The van der Waals surface area contributed by atoms with Gasteiger partial charge < -0.3 is 4.90 Å². The second-order valence-electron chi connectivity index (χ2n) is 6.95. The van der Waals surface area contributed by atoms with Gasteiger partial charge in [0.1, 0.15) is 6.04 Å². The van der Waals surface area contributed by atoms with Crippen molar-refractivity contribution in [2.45, 2.75) is 26.4 Å². The van der Waals surface area contributed by atoms with Crippen molar-refractivity contribution in [1.82, 2.24) is 0 Å². The van der Waals surface area contributed by atoms with Crippen LogP contribution in [0.15, 0.2) is 83.9 Å². The summed E-state index contributed by atoms with van der Waals surface area (Å²) in [5.74, 6) is 0.0230. The van der Waals surface area contributed by atoms with Crippen molar-refractivity contribution in [3.05, 3.63) is 101 Å². The molecule has 0 radical (unpaired) electrons. The van der Waals surface area contributed by atoms with Crippen LogP contribution in [0.2, 0.25) is 0 Å². The topological polar surface area (TPSA) is 32.7 Å². The maximum Gasteiger partial charge on any atom is 0.251 e. The number of para-hydroxylation sites is 1. The first-order valence-corrected chi connectivity index (χ1v) is 9.23. The zero-order chi connectivity index (χ0) is 18.8.